The van der Waals surface area contributed by atoms with E-state index < -0.39 is 5.97 Å². The van der Waals surface area contributed by atoms with Gasteiger partial charge >= 0.3 is 5.97 Å². The van der Waals surface area contributed by atoms with Gasteiger partial charge in [-0.15, -0.1) is 11.3 Å². The van der Waals surface area contributed by atoms with Gasteiger partial charge in [0.25, 0.3) is 0 Å². The van der Waals surface area contributed by atoms with E-state index in [1.165, 1.54) is 11.3 Å². The van der Waals surface area contributed by atoms with Crippen molar-refractivity contribution in [3.05, 3.63) is 41.5 Å². The molecule has 1 N–H and O–H groups in total. The van der Waals surface area contributed by atoms with Crippen LogP contribution in [-0.4, -0.2) is 27.6 Å². The van der Waals surface area contributed by atoms with Crippen molar-refractivity contribution in [2.24, 2.45) is 0 Å². The number of carboxylic acids is 1. The van der Waals surface area contributed by atoms with Crippen LogP contribution in [0.1, 0.15) is 12.1 Å². The van der Waals surface area contributed by atoms with Crippen molar-refractivity contribution in [1.29, 1.82) is 0 Å². The van der Waals surface area contributed by atoms with E-state index >= 15 is 0 Å². The topological polar surface area (TPSA) is 63.8 Å². The minimum Gasteiger partial charge on any atom is -0.497 e. The molecule has 2 aromatic heterocycles. The Hall–Kier alpha value is -2.34. The number of aromatic nitrogens is 2. The maximum atomic E-state index is 10.7. The molecule has 6 heteroatoms. The standard InChI is InChI=1S/C15H14N2O3S/c1-20-12-5-2-10(3-6-12)13-8-17-11(4-7-14(18)19)9-21-15(17)16-13/h2-3,5-6,8-9H,4,7H2,1H3,(H,18,19). The fraction of sp³-hybridized carbons (Fsp3) is 0.200. The predicted molar refractivity (Wildman–Crippen MR) is 81.0 cm³/mol. The third kappa shape index (κ3) is 2.75. The highest BCUT2D eigenvalue weighted by Crippen LogP contribution is 2.25. The number of hydrogen-bond donors (Lipinski definition) is 1. The van der Waals surface area contributed by atoms with Crippen LogP contribution in [0, 0.1) is 0 Å². The van der Waals surface area contributed by atoms with Crippen LogP contribution in [0.5, 0.6) is 5.75 Å². The van der Waals surface area contributed by atoms with Gasteiger partial charge in [0.15, 0.2) is 4.96 Å². The molecule has 3 rings (SSSR count). The molecule has 0 bridgehead atoms. The minimum atomic E-state index is -0.787. The highest BCUT2D eigenvalue weighted by molar-refractivity contribution is 7.15. The van der Waals surface area contributed by atoms with Crippen LogP contribution in [0.4, 0.5) is 0 Å². The third-order valence-electron chi connectivity index (χ3n) is 3.26. The number of aryl methyl sites for hydroxylation is 1. The van der Waals surface area contributed by atoms with Crippen molar-refractivity contribution < 1.29 is 14.6 Å². The van der Waals surface area contributed by atoms with E-state index in [1.807, 2.05) is 40.2 Å². The predicted octanol–water partition coefficient (Wildman–Crippen LogP) is 3.09. The Balaban J connectivity index is 1.91. The van der Waals surface area contributed by atoms with E-state index in [0.29, 0.717) is 6.42 Å². The summed E-state index contributed by atoms with van der Waals surface area (Å²) in [5, 5.41) is 10.7. The molecule has 0 saturated heterocycles. The number of methoxy groups -OCH3 is 1. The lowest BCUT2D eigenvalue weighted by atomic mass is 10.1. The maximum Gasteiger partial charge on any atom is 0.303 e. The zero-order chi connectivity index (χ0) is 14.8. The van der Waals surface area contributed by atoms with E-state index in [0.717, 1.165) is 27.7 Å². The first-order chi connectivity index (χ1) is 10.2. The second-order valence-corrected chi connectivity index (χ2v) is 5.46. The number of fused-ring (bicyclic) bond motifs is 1. The number of nitrogens with zero attached hydrogens (tertiary/aromatic N) is 2. The van der Waals surface area contributed by atoms with E-state index in [9.17, 15) is 4.79 Å². The second kappa shape index (κ2) is 5.57. The molecule has 21 heavy (non-hydrogen) atoms. The van der Waals surface area contributed by atoms with Gasteiger partial charge in [0.2, 0.25) is 0 Å². The molecule has 0 amide bonds. The molecular weight excluding hydrogens is 288 g/mol. The largest absolute Gasteiger partial charge is 0.497 e. The second-order valence-electron chi connectivity index (χ2n) is 4.63. The monoisotopic (exact) mass is 302 g/mol. The Morgan fingerprint density at radius 1 is 1.38 bits per heavy atom. The molecule has 0 atom stereocenters. The smallest absolute Gasteiger partial charge is 0.303 e. The van der Waals surface area contributed by atoms with Crippen LogP contribution in [0.25, 0.3) is 16.2 Å². The summed E-state index contributed by atoms with van der Waals surface area (Å²) in [7, 11) is 1.64. The van der Waals surface area contributed by atoms with E-state index in [-0.39, 0.29) is 6.42 Å². The molecule has 0 fully saturated rings. The Morgan fingerprint density at radius 2 is 2.14 bits per heavy atom. The Kier molecular flexibility index (Phi) is 3.62. The molecule has 0 radical (unpaired) electrons. The SMILES string of the molecule is COc1ccc(-c2cn3c(CCC(=O)O)csc3n2)cc1. The van der Waals surface area contributed by atoms with Crippen molar-refractivity contribution >= 4 is 22.3 Å². The minimum absolute atomic E-state index is 0.127. The highest BCUT2D eigenvalue weighted by atomic mass is 32.1. The van der Waals surface area contributed by atoms with Gasteiger partial charge in [0, 0.05) is 22.8 Å². The molecular formula is C15H14N2O3S. The first kappa shape index (κ1) is 13.6. The number of ether oxygens (including phenoxy) is 1. The summed E-state index contributed by atoms with van der Waals surface area (Å²) >= 11 is 1.52. The molecule has 1 aromatic carbocycles. The van der Waals surface area contributed by atoms with Crippen LogP contribution in [0.15, 0.2) is 35.8 Å². The van der Waals surface area contributed by atoms with Crippen molar-refractivity contribution in [2.75, 3.05) is 7.11 Å². The summed E-state index contributed by atoms with van der Waals surface area (Å²) in [4.78, 5) is 16.1. The summed E-state index contributed by atoms with van der Waals surface area (Å²) in [6, 6.07) is 7.71. The van der Waals surface area contributed by atoms with Gasteiger partial charge in [-0.2, -0.15) is 0 Å². The number of hydrogen-bond acceptors (Lipinski definition) is 4. The zero-order valence-corrected chi connectivity index (χ0v) is 12.3. The molecule has 3 aromatic rings. The molecule has 5 nitrogen and oxygen atoms in total. The molecule has 0 aliphatic rings. The lowest BCUT2D eigenvalue weighted by Gasteiger charge is -2.00. The quantitative estimate of drug-likeness (QED) is 0.786. The van der Waals surface area contributed by atoms with Gasteiger partial charge in [-0.25, -0.2) is 4.98 Å². The normalized spacial score (nSPS) is 10.9. The summed E-state index contributed by atoms with van der Waals surface area (Å²) in [6.07, 6.45) is 2.58. The molecule has 0 spiro atoms. The average Bonchev–Trinajstić information content (AvgIpc) is 3.06. The Morgan fingerprint density at radius 3 is 2.81 bits per heavy atom. The summed E-state index contributed by atoms with van der Waals surface area (Å²) < 4.78 is 7.11. The highest BCUT2D eigenvalue weighted by Gasteiger charge is 2.10. The number of rotatable bonds is 5. The van der Waals surface area contributed by atoms with E-state index in [4.69, 9.17) is 9.84 Å². The molecule has 108 valence electrons. The fourth-order valence-electron chi connectivity index (χ4n) is 2.14. The lowest BCUT2D eigenvalue weighted by molar-refractivity contribution is -0.136. The average molecular weight is 302 g/mol. The van der Waals surface area contributed by atoms with E-state index in [2.05, 4.69) is 4.98 Å². The molecule has 0 saturated carbocycles. The molecule has 0 aliphatic heterocycles. The third-order valence-corrected chi connectivity index (χ3v) is 4.15. The van der Waals surface area contributed by atoms with Crippen LogP contribution >= 0.6 is 11.3 Å². The summed E-state index contributed by atoms with van der Waals surface area (Å²) in [5.41, 5.74) is 2.86. The van der Waals surface area contributed by atoms with Crippen molar-refractivity contribution in [2.45, 2.75) is 12.8 Å². The van der Waals surface area contributed by atoms with Crippen LogP contribution in [0.2, 0.25) is 0 Å². The number of imidazole rings is 1. The van der Waals surface area contributed by atoms with Crippen molar-refractivity contribution in [3.8, 4) is 17.0 Å². The number of thiazole rings is 1. The zero-order valence-electron chi connectivity index (χ0n) is 11.4. The van der Waals surface area contributed by atoms with Crippen molar-refractivity contribution in [1.82, 2.24) is 9.38 Å². The lowest BCUT2D eigenvalue weighted by Crippen LogP contribution is -1.99. The van der Waals surface area contributed by atoms with Gasteiger partial charge in [-0.3, -0.25) is 9.20 Å². The number of benzene rings is 1. The maximum absolute atomic E-state index is 10.7. The molecule has 2 heterocycles. The van der Waals surface area contributed by atoms with Gasteiger partial charge in [0.05, 0.1) is 19.2 Å². The van der Waals surface area contributed by atoms with Crippen LogP contribution in [-0.2, 0) is 11.2 Å². The number of carbonyl (C=O) groups is 1. The number of carboxylic acid groups (broad SMARTS) is 1. The van der Waals surface area contributed by atoms with E-state index in [1.54, 1.807) is 7.11 Å². The summed E-state index contributed by atoms with van der Waals surface area (Å²) in [6.45, 7) is 0. The molecule has 0 aliphatic carbocycles. The Bertz CT molecular complexity index is 774. The van der Waals surface area contributed by atoms with Crippen molar-refractivity contribution in [3.63, 3.8) is 0 Å². The van der Waals surface area contributed by atoms with Crippen LogP contribution in [0.3, 0.4) is 0 Å². The van der Waals surface area contributed by atoms with Crippen LogP contribution < -0.4 is 4.74 Å². The van der Waals surface area contributed by atoms with Gasteiger partial charge < -0.3 is 9.84 Å². The Labute approximate surface area is 125 Å². The summed E-state index contributed by atoms with van der Waals surface area (Å²) in [5.74, 6) is 0.0201. The van der Waals surface area contributed by atoms with Gasteiger partial charge in [-0.05, 0) is 30.7 Å². The first-order valence-electron chi connectivity index (χ1n) is 6.49. The first-order valence-corrected chi connectivity index (χ1v) is 7.37. The number of aliphatic carboxylic acids is 1. The van der Waals surface area contributed by atoms with Gasteiger partial charge in [0.1, 0.15) is 5.75 Å². The fourth-order valence-corrected chi connectivity index (χ4v) is 3.05. The van der Waals surface area contributed by atoms with Gasteiger partial charge in [-0.1, -0.05) is 0 Å². The molecule has 0 unspecified atom stereocenters.